The number of nitrogens with two attached hydrogens (primary N) is 1. The Labute approximate surface area is 89.7 Å². The Morgan fingerprint density at radius 1 is 1.44 bits per heavy atom. The molecule has 8 heteroatoms. The first kappa shape index (κ1) is 16.8. The molecule has 0 aromatic carbocycles. The standard InChI is InChI=1S/C6H11NO2.C2HF3O2/c1-2-9-6(8)4-3-5-7;3-2(4,5)1(6)7/h3-4H,2,5,7H2,1H3;(H,6,7)/b4-3+;. The monoisotopic (exact) mass is 243 g/mol. The average molecular weight is 243 g/mol. The number of aliphatic carboxylic acids is 1. The van der Waals surface area contributed by atoms with E-state index in [1.54, 1.807) is 13.0 Å². The second-order valence-corrected chi connectivity index (χ2v) is 2.19. The Morgan fingerprint density at radius 2 is 1.88 bits per heavy atom. The molecule has 0 bridgehead atoms. The van der Waals surface area contributed by atoms with Crippen molar-refractivity contribution in [3.63, 3.8) is 0 Å². The summed E-state index contributed by atoms with van der Waals surface area (Å²) in [4.78, 5) is 19.3. The number of ether oxygens (including phenoxy) is 1. The van der Waals surface area contributed by atoms with E-state index in [-0.39, 0.29) is 5.97 Å². The van der Waals surface area contributed by atoms with E-state index in [0.29, 0.717) is 13.2 Å². The fourth-order valence-electron chi connectivity index (χ4n) is 0.355. The molecule has 0 unspecified atom stereocenters. The first-order valence-corrected chi connectivity index (χ1v) is 4.09. The van der Waals surface area contributed by atoms with Crippen LogP contribution >= 0.6 is 0 Å². The maximum atomic E-state index is 10.6. The maximum Gasteiger partial charge on any atom is 0.490 e. The summed E-state index contributed by atoms with van der Waals surface area (Å²) in [5.74, 6) is -3.09. The molecule has 0 aromatic heterocycles. The van der Waals surface area contributed by atoms with Crippen molar-refractivity contribution in [1.82, 2.24) is 0 Å². The Hall–Kier alpha value is -1.57. The van der Waals surface area contributed by atoms with E-state index in [1.165, 1.54) is 6.08 Å². The molecule has 0 aliphatic carbocycles. The Kier molecular flexibility index (Phi) is 9.18. The molecule has 0 atom stereocenters. The number of halogens is 3. The number of carbonyl (C=O) groups excluding carboxylic acids is 1. The van der Waals surface area contributed by atoms with Gasteiger partial charge < -0.3 is 15.6 Å². The van der Waals surface area contributed by atoms with Crippen LogP contribution in [-0.4, -0.2) is 36.4 Å². The van der Waals surface area contributed by atoms with Crippen molar-refractivity contribution in [2.45, 2.75) is 13.1 Å². The highest BCUT2D eigenvalue weighted by atomic mass is 19.4. The van der Waals surface area contributed by atoms with Crippen LogP contribution in [0.2, 0.25) is 0 Å². The second kappa shape index (κ2) is 8.72. The summed E-state index contributed by atoms with van der Waals surface area (Å²) in [6.45, 7) is 2.54. The predicted molar refractivity (Wildman–Crippen MR) is 48.5 cm³/mol. The summed E-state index contributed by atoms with van der Waals surface area (Å²) in [6.07, 6.45) is -2.21. The van der Waals surface area contributed by atoms with E-state index in [1.807, 2.05) is 0 Å². The summed E-state index contributed by atoms with van der Waals surface area (Å²) in [5, 5.41) is 7.12. The zero-order valence-corrected chi connectivity index (χ0v) is 8.45. The molecule has 0 radical (unpaired) electrons. The number of carboxylic acids is 1. The average Bonchev–Trinajstić information content (AvgIpc) is 2.14. The first-order chi connectivity index (χ1) is 7.25. The van der Waals surface area contributed by atoms with Crippen molar-refractivity contribution in [3.8, 4) is 0 Å². The zero-order valence-electron chi connectivity index (χ0n) is 8.45. The van der Waals surface area contributed by atoms with E-state index in [0.717, 1.165) is 0 Å². The summed E-state index contributed by atoms with van der Waals surface area (Å²) < 4.78 is 36.3. The van der Waals surface area contributed by atoms with Gasteiger partial charge in [-0.3, -0.25) is 0 Å². The maximum absolute atomic E-state index is 10.6. The zero-order chi connectivity index (χ0) is 13.2. The molecule has 3 N–H and O–H groups in total. The van der Waals surface area contributed by atoms with Gasteiger partial charge in [-0.1, -0.05) is 6.08 Å². The third-order valence-corrected chi connectivity index (χ3v) is 0.919. The smallest absolute Gasteiger partial charge is 0.475 e. The van der Waals surface area contributed by atoms with Crippen molar-refractivity contribution in [3.05, 3.63) is 12.2 Å². The Balaban J connectivity index is 0. The Bertz CT molecular complexity index is 250. The van der Waals surface area contributed by atoms with Crippen molar-refractivity contribution < 1.29 is 32.6 Å². The van der Waals surface area contributed by atoms with E-state index < -0.39 is 12.1 Å². The molecule has 0 amide bonds. The van der Waals surface area contributed by atoms with Gasteiger partial charge in [0.05, 0.1) is 6.61 Å². The largest absolute Gasteiger partial charge is 0.490 e. The van der Waals surface area contributed by atoms with E-state index in [9.17, 15) is 18.0 Å². The summed E-state index contributed by atoms with van der Waals surface area (Å²) in [7, 11) is 0. The SMILES string of the molecule is CCOC(=O)/C=C/CN.O=C(O)C(F)(F)F. The van der Waals surface area contributed by atoms with Gasteiger partial charge in [0.15, 0.2) is 0 Å². The van der Waals surface area contributed by atoms with Gasteiger partial charge in [0.25, 0.3) is 0 Å². The van der Waals surface area contributed by atoms with Gasteiger partial charge in [0.2, 0.25) is 0 Å². The molecular formula is C8H12F3NO4. The van der Waals surface area contributed by atoms with Crippen LogP contribution in [0.1, 0.15) is 6.92 Å². The minimum atomic E-state index is -5.08. The van der Waals surface area contributed by atoms with E-state index >= 15 is 0 Å². The number of carbonyl (C=O) groups is 2. The predicted octanol–water partition coefficient (Wildman–Crippen LogP) is 0.698. The molecule has 0 spiro atoms. The van der Waals surface area contributed by atoms with Crippen molar-refractivity contribution in [2.24, 2.45) is 5.73 Å². The minimum absolute atomic E-state index is 0.331. The van der Waals surface area contributed by atoms with Gasteiger partial charge in [0.1, 0.15) is 0 Å². The lowest BCUT2D eigenvalue weighted by molar-refractivity contribution is -0.192. The van der Waals surface area contributed by atoms with Crippen LogP contribution in [0.4, 0.5) is 13.2 Å². The molecule has 0 saturated heterocycles. The lowest BCUT2D eigenvalue weighted by Gasteiger charge is -1.93. The number of hydrogen-bond donors (Lipinski definition) is 2. The highest BCUT2D eigenvalue weighted by Crippen LogP contribution is 2.13. The molecule has 0 aromatic rings. The van der Waals surface area contributed by atoms with E-state index in [4.69, 9.17) is 15.6 Å². The summed E-state index contributed by atoms with van der Waals surface area (Å²) in [5.41, 5.74) is 5.08. The molecular weight excluding hydrogens is 231 g/mol. The molecule has 94 valence electrons. The normalized spacial score (nSPS) is 10.6. The quantitative estimate of drug-likeness (QED) is 0.562. The van der Waals surface area contributed by atoms with Gasteiger partial charge in [-0.15, -0.1) is 0 Å². The van der Waals surface area contributed by atoms with Crippen LogP contribution in [-0.2, 0) is 14.3 Å². The molecule has 0 heterocycles. The molecule has 0 fully saturated rings. The fourth-order valence-corrected chi connectivity index (χ4v) is 0.355. The van der Waals surface area contributed by atoms with Crippen LogP contribution < -0.4 is 5.73 Å². The first-order valence-electron chi connectivity index (χ1n) is 4.09. The molecule has 0 aliphatic heterocycles. The second-order valence-electron chi connectivity index (χ2n) is 2.19. The number of alkyl halides is 3. The molecule has 0 rings (SSSR count). The number of carboxylic acid groups (broad SMARTS) is 1. The van der Waals surface area contributed by atoms with Crippen molar-refractivity contribution in [2.75, 3.05) is 13.2 Å². The fraction of sp³-hybridized carbons (Fsp3) is 0.500. The molecule has 16 heavy (non-hydrogen) atoms. The summed E-state index contributed by atoms with van der Waals surface area (Å²) >= 11 is 0. The van der Waals surface area contributed by atoms with Gasteiger partial charge in [-0.05, 0) is 6.92 Å². The topological polar surface area (TPSA) is 89.6 Å². The van der Waals surface area contributed by atoms with Crippen LogP contribution in [0.15, 0.2) is 12.2 Å². The lowest BCUT2D eigenvalue weighted by atomic mass is 10.5. The van der Waals surface area contributed by atoms with E-state index in [2.05, 4.69) is 4.74 Å². The van der Waals surface area contributed by atoms with Crippen LogP contribution in [0.5, 0.6) is 0 Å². The number of esters is 1. The Morgan fingerprint density at radius 3 is 2.12 bits per heavy atom. The molecule has 0 saturated carbocycles. The van der Waals surface area contributed by atoms with Crippen LogP contribution in [0.25, 0.3) is 0 Å². The van der Waals surface area contributed by atoms with Gasteiger partial charge >= 0.3 is 18.1 Å². The van der Waals surface area contributed by atoms with Crippen LogP contribution in [0, 0.1) is 0 Å². The van der Waals surface area contributed by atoms with Gasteiger partial charge in [0, 0.05) is 12.6 Å². The molecule has 5 nitrogen and oxygen atoms in total. The molecule has 0 aliphatic rings. The van der Waals surface area contributed by atoms with Crippen LogP contribution in [0.3, 0.4) is 0 Å². The summed E-state index contributed by atoms with van der Waals surface area (Å²) in [6, 6.07) is 0. The van der Waals surface area contributed by atoms with Gasteiger partial charge in [-0.2, -0.15) is 13.2 Å². The number of hydrogen-bond acceptors (Lipinski definition) is 4. The lowest BCUT2D eigenvalue weighted by Crippen LogP contribution is -2.21. The highest BCUT2D eigenvalue weighted by molar-refractivity contribution is 5.81. The third-order valence-electron chi connectivity index (χ3n) is 0.919. The minimum Gasteiger partial charge on any atom is -0.475 e. The number of rotatable bonds is 3. The van der Waals surface area contributed by atoms with Crippen molar-refractivity contribution >= 4 is 11.9 Å². The third kappa shape index (κ3) is 12.4. The highest BCUT2D eigenvalue weighted by Gasteiger charge is 2.38. The van der Waals surface area contributed by atoms with Gasteiger partial charge in [-0.25, -0.2) is 9.59 Å². The van der Waals surface area contributed by atoms with Crippen molar-refractivity contribution in [1.29, 1.82) is 0 Å².